The van der Waals surface area contributed by atoms with E-state index in [0.29, 0.717) is 0 Å². The maximum atomic E-state index is 9.77. The minimum absolute atomic E-state index is 0.312. The number of carboxylic acids is 2. The molecule has 0 aromatic heterocycles. The minimum atomic E-state index is -2.27. The Hall–Kier alpha value is -2.40. The lowest BCUT2D eigenvalue weighted by Crippen LogP contribution is -2.39. The standard InChI is InChI=1S/C4H6O6.C2H7N5/c5-1(3(7)8)2(6)4(9)10;3-1(4)7-2(5)6/h1-2,5-6H,(H,7,8)(H,9,10);(H7,3,4,5,6,7). The first-order valence-electron chi connectivity index (χ1n) is 3.86. The lowest BCUT2D eigenvalue weighted by atomic mass is 10.2. The maximum Gasteiger partial charge on any atom is 0.335 e. The molecule has 0 radical (unpaired) electrons. The van der Waals surface area contributed by atoms with Gasteiger partial charge in [0.25, 0.3) is 0 Å². The number of aliphatic hydroxyl groups excluding tert-OH is 2. The number of carbonyl (C=O) groups is 2. The van der Waals surface area contributed by atoms with Crippen LogP contribution in [-0.4, -0.2) is 56.5 Å². The first kappa shape index (κ1) is 17.0. The van der Waals surface area contributed by atoms with Crippen LogP contribution in [0.4, 0.5) is 0 Å². The van der Waals surface area contributed by atoms with Crippen LogP contribution in [0, 0.1) is 10.8 Å². The second kappa shape index (κ2) is 7.84. The highest BCUT2D eigenvalue weighted by Crippen LogP contribution is 1.92. The van der Waals surface area contributed by atoms with Crippen LogP contribution >= 0.6 is 0 Å². The molecule has 0 rings (SSSR count). The largest absolute Gasteiger partial charge is 0.479 e. The third kappa shape index (κ3) is 9.89. The van der Waals surface area contributed by atoms with E-state index in [1.165, 1.54) is 0 Å². The first-order valence-corrected chi connectivity index (χ1v) is 3.86. The van der Waals surface area contributed by atoms with Gasteiger partial charge in [-0.1, -0.05) is 0 Å². The molecule has 0 aliphatic heterocycles. The molecule has 98 valence electrons. The molecule has 2 atom stereocenters. The normalized spacial score (nSPS) is 12.4. The van der Waals surface area contributed by atoms with Gasteiger partial charge in [-0.3, -0.25) is 16.1 Å². The Morgan fingerprint density at radius 1 is 0.941 bits per heavy atom. The van der Waals surface area contributed by atoms with Gasteiger partial charge in [-0.25, -0.2) is 9.59 Å². The average Bonchev–Trinajstić information content (AvgIpc) is 2.13. The Morgan fingerprint density at radius 2 is 1.18 bits per heavy atom. The molecule has 0 amide bonds. The van der Waals surface area contributed by atoms with Gasteiger partial charge >= 0.3 is 11.9 Å². The summed E-state index contributed by atoms with van der Waals surface area (Å²) in [6.45, 7) is 0. The molecule has 11 heteroatoms. The number of hydrogen-bond donors (Lipinski definition) is 9. The molecule has 0 bridgehead atoms. The monoisotopic (exact) mass is 251 g/mol. The molecule has 11 nitrogen and oxygen atoms in total. The molecule has 0 fully saturated rings. The van der Waals surface area contributed by atoms with Crippen molar-refractivity contribution < 1.29 is 30.0 Å². The predicted molar refractivity (Wildman–Crippen MR) is 54.2 cm³/mol. The Labute approximate surface area is 94.7 Å². The van der Waals surface area contributed by atoms with Gasteiger partial charge in [-0.05, 0) is 0 Å². The Bertz CT molecular complexity index is 288. The summed E-state index contributed by atoms with van der Waals surface area (Å²) in [5.41, 5.74) is 9.49. The van der Waals surface area contributed by atoms with E-state index in [-0.39, 0.29) is 11.9 Å². The second-order valence-corrected chi connectivity index (χ2v) is 2.52. The third-order valence-corrected chi connectivity index (χ3v) is 1.07. The van der Waals surface area contributed by atoms with E-state index < -0.39 is 24.1 Å². The van der Waals surface area contributed by atoms with Crippen LogP contribution in [0.3, 0.4) is 0 Å². The molecule has 0 aliphatic carbocycles. The van der Waals surface area contributed by atoms with Gasteiger partial charge in [0.2, 0.25) is 0 Å². The van der Waals surface area contributed by atoms with Gasteiger partial charge in [0.05, 0.1) is 0 Å². The lowest BCUT2D eigenvalue weighted by Gasteiger charge is -2.07. The Morgan fingerprint density at radius 3 is 1.24 bits per heavy atom. The molecule has 0 aromatic carbocycles. The fourth-order valence-electron chi connectivity index (χ4n) is 0.415. The molecular weight excluding hydrogens is 238 g/mol. The number of nitrogens with two attached hydrogens (primary N) is 2. The van der Waals surface area contributed by atoms with Crippen LogP contribution in [0.25, 0.3) is 0 Å². The highest BCUT2D eigenvalue weighted by atomic mass is 16.4. The number of hydrogen-bond acceptors (Lipinski definition) is 6. The van der Waals surface area contributed by atoms with Crippen LogP contribution in [0.2, 0.25) is 0 Å². The average molecular weight is 251 g/mol. The summed E-state index contributed by atoms with van der Waals surface area (Å²) in [6.07, 6.45) is -4.53. The topological polar surface area (TPSA) is 227 Å². The van der Waals surface area contributed by atoms with E-state index in [4.69, 9.17) is 42.7 Å². The molecule has 0 spiro atoms. The van der Waals surface area contributed by atoms with Crippen molar-refractivity contribution in [3.63, 3.8) is 0 Å². The summed E-state index contributed by atoms with van der Waals surface area (Å²) < 4.78 is 0. The molecule has 2 unspecified atom stereocenters. The molecule has 11 N–H and O–H groups in total. The summed E-state index contributed by atoms with van der Waals surface area (Å²) in [4.78, 5) is 19.5. The van der Waals surface area contributed by atoms with Gasteiger partial charge in [-0.15, -0.1) is 0 Å². The van der Waals surface area contributed by atoms with Gasteiger partial charge < -0.3 is 31.9 Å². The van der Waals surface area contributed by atoms with Crippen molar-refractivity contribution in [1.29, 1.82) is 10.8 Å². The van der Waals surface area contributed by atoms with E-state index in [0.717, 1.165) is 0 Å². The SMILES string of the molecule is N=C(N)NC(=N)N.O=C(O)C(O)C(O)C(=O)O. The molecule has 0 saturated heterocycles. The summed E-state index contributed by atoms with van der Waals surface area (Å²) in [5, 5.41) is 47.5. The van der Waals surface area contributed by atoms with Crippen molar-refractivity contribution in [2.75, 3.05) is 0 Å². The van der Waals surface area contributed by atoms with Crippen LogP contribution < -0.4 is 16.8 Å². The van der Waals surface area contributed by atoms with Crippen molar-refractivity contribution >= 4 is 23.9 Å². The van der Waals surface area contributed by atoms with Crippen molar-refractivity contribution in [3.05, 3.63) is 0 Å². The van der Waals surface area contributed by atoms with E-state index in [1.807, 2.05) is 5.32 Å². The van der Waals surface area contributed by atoms with Crippen molar-refractivity contribution in [2.24, 2.45) is 11.5 Å². The fraction of sp³-hybridized carbons (Fsp3) is 0.333. The number of carboxylic acid groups (broad SMARTS) is 2. The zero-order valence-electron chi connectivity index (χ0n) is 8.41. The quantitative estimate of drug-likeness (QED) is 0.177. The third-order valence-electron chi connectivity index (χ3n) is 1.07. The van der Waals surface area contributed by atoms with E-state index >= 15 is 0 Å². The van der Waals surface area contributed by atoms with Gasteiger partial charge in [0.15, 0.2) is 24.1 Å². The highest BCUT2D eigenvalue weighted by molar-refractivity contribution is 5.93. The maximum absolute atomic E-state index is 9.77. The zero-order chi connectivity index (χ0) is 14.2. The fourth-order valence-corrected chi connectivity index (χ4v) is 0.415. The summed E-state index contributed by atoms with van der Waals surface area (Å²) >= 11 is 0. The van der Waals surface area contributed by atoms with Crippen LogP contribution in [0.15, 0.2) is 0 Å². The minimum Gasteiger partial charge on any atom is -0.479 e. The predicted octanol–water partition coefficient (Wildman–Crippen LogP) is -3.76. The molecule has 0 aromatic rings. The molecule has 0 heterocycles. The van der Waals surface area contributed by atoms with Crippen LogP contribution in [0.1, 0.15) is 0 Å². The number of aliphatic carboxylic acids is 2. The highest BCUT2D eigenvalue weighted by Gasteiger charge is 2.29. The summed E-state index contributed by atoms with van der Waals surface area (Å²) in [7, 11) is 0. The molecule has 0 aliphatic rings. The number of aliphatic hydroxyl groups is 2. The number of guanidine groups is 2. The number of nitrogens with one attached hydrogen (secondary N) is 3. The first-order chi connectivity index (χ1) is 7.59. The Kier molecular flexibility index (Phi) is 7.84. The summed E-state index contributed by atoms with van der Waals surface area (Å²) in [5.74, 6) is -4.16. The molecule has 17 heavy (non-hydrogen) atoms. The van der Waals surface area contributed by atoms with E-state index in [1.54, 1.807) is 0 Å². The lowest BCUT2D eigenvalue weighted by molar-refractivity contribution is -0.165. The van der Waals surface area contributed by atoms with E-state index in [9.17, 15) is 9.59 Å². The van der Waals surface area contributed by atoms with Crippen LogP contribution in [0.5, 0.6) is 0 Å². The van der Waals surface area contributed by atoms with Crippen molar-refractivity contribution in [3.8, 4) is 0 Å². The molecule has 0 saturated carbocycles. The van der Waals surface area contributed by atoms with Crippen molar-refractivity contribution in [2.45, 2.75) is 12.2 Å². The van der Waals surface area contributed by atoms with Gasteiger partial charge in [0, 0.05) is 0 Å². The van der Waals surface area contributed by atoms with E-state index in [2.05, 4.69) is 0 Å². The van der Waals surface area contributed by atoms with Crippen molar-refractivity contribution in [1.82, 2.24) is 5.32 Å². The Balaban J connectivity index is 0. The van der Waals surface area contributed by atoms with Gasteiger partial charge in [-0.2, -0.15) is 0 Å². The number of rotatable bonds is 3. The van der Waals surface area contributed by atoms with Gasteiger partial charge in [0.1, 0.15) is 0 Å². The van der Waals surface area contributed by atoms with Crippen LogP contribution in [-0.2, 0) is 9.59 Å². The second-order valence-electron chi connectivity index (χ2n) is 2.52. The molecular formula is C6H13N5O6. The smallest absolute Gasteiger partial charge is 0.335 e. The zero-order valence-corrected chi connectivity index (χ0v) is 8.41. The summed E-state index contributed by atoms with van der Waals surface area (Å²) in [6, 6.07) is 0.